The van der Waals surface area contributed by atoms with Crippen LogP contribution in [0.15, 0.2) is 91.0 Å². The molecule has 0 radical (unpaired) electrons. The van der Waals surface area contributed by atoms with E-state index >= 15 is 0 Å². The summed E-state index contributed by atoms with van der Waals surface area (Å²) in [5.41, 5.74) is -3.14. The van der Waals surface area contributed by atoms with E-state index < -0.39 is 73.2 Å². The van der Waals surface area contributed by atoms with Crippen molar-refractivity contribution in [3.63, 3.8) is 0 Å². The van der Waals surface area contributed by atoms with Crippen LogP contribution in [0.3, 0.4) is 0 Å². The second-order valence-corrected chi connectivity index (χ2v) is 25.8. The summed E-state index contributed by atoms with van der Waals surface area (Å²) in [5, 5.41) is 43.4. The molecule has 3 aromatic carbocycles. The number of nitrogens with zero attached hydrogens (tertiary/aromatic N) is 2. The molecule has 0 bridgehead atoms. The summed E-state index contributed by atoms with van der Waals surface area (Å²) in [6.45, 7) is 15.7. The average molecular weight is 992 g/mol. The number of carbonyl (C=O) groups is 2. The summed E-state index contributed by atoms with van der Waals surface area (Å²) >= 11 is 0. The van der Waals surface area contributed by atoms with Gasteiger partial charge in [0, 0.05) is 18.6 Å². The summed E-state index contributed by atoms with van der Waals surface area (Å²) in [4.78, 5) is 31.6. The fraction of sp³-hybridized carbons (Fsp3) is 0.649. The van der Waals surface area contributed by atoms with Gasteiger partial charge in [0.05, 0.1) is 23.7 Å². The number of likely N-dealkylation sites (N-methyl/N-ethyl adjacent to an activating group) is 2. The second-order valence-electron chi connectivity index (χ2n) is 21.8. The van der Waals surface area contributed by atoms with Crippen molar-refractivity contribution in [1.29, 1.82) is 0 Å². The molecule has 0 aliphatic carbocycles. The van der Waals surface area contributed by atoms with Gasteiger partial charge in [-0.3, -0.25) is 9.69 Å². The van der Waals surface area contributed by atoms with Gasteiger partial charge in [-0.15, -0.1) is 0 Å². The molecule has 392 valence electrons. The molecule has 2 fully saturated rings. The van der Waals surface area contributed by atoms with Gasteiger partial charge in [-0.2, -0.15) is 0 Å². The van der Waals surface area contributed by atoms with Gasteiger partial charge in [0.15, 0.2) is 6.29 Å². The van der Waals surface area contributed by atoms with Crippen molar-refractivity contribution in [3.8, 4) is 0 Å². The Labute approximate surface area is 421 Å². The SMILES string of the molecule is CC[C@H]1OC(=O)[C@H](C)C[C@H](C)[C@@H](O[C@@H]2O[C@H](C)C[C@H](N(C)C)[C@H]2O)[C@](C)(O)C[C@@H](C)CN(C)[C@H](C)[C@@H](OC(=O)NCCCCCCCC[PH](c2ccccc2)(c2ccccc2)c2ccccc2)[C@]1(C)O. The number of nitrogens with one attached hydrogen (secondary N) is 1. The predicted molar refractivity (Wildman–Crippen MR) is 285 cm³/mol. The smallest absolute Gasteiger partial charge is 0.137 e. The number of rotatable bonds is 17. The molecule has 2 heterocycles. The van der Waals surface area contributed by atoms with Crippen molar-refractivity contribution in [2.45, 2.75) is 180 Å². The van der Waals surface area contributed by atoms with Crippen LogP contribution < -0.4 is 21.2 Å². The number of hydrogen-bond donors (Lipinski definition) is 4. The molecule has 13 heteroatoms. The van der Waals surface area contributed by atoms with E-state index in [1.54, 1.807) is 20.8 Å². The topological polar surface area (TPSA) is 150 Å². The first-order chi connectivity index (χ1) is 33.2. The van der Waals surface area contributed by atoms with Crippen LogP contribution in [0.1, 0.15) is 120 Å². The summed E-state index contributed by atoms with van der Waals surface area (Å²) < 4.78 is 25.1. The first kappa shape index (κ1) is 57.5. The fourth-order valence-electron chi connectivity index (χ4n) is 11.7. The molecule has 2 aliphatic heterocycles. The van der Waals surface area contributed by atoms with Gasteiger partial charge in [-0.05, 0) is 86.4 Å². The number of unbranched alkanes of at least 4 members (excludes halogenated alkanes) is 5. The van der Waals surface area contributed by atoms with Crippen molar-refractivity contribution in [1.82, 2.24) is 15.1 Å². The van der Waals surface area contributed by atoms with Gasteiger partial charge >= 0.3 is 198 Å². The molecule has 70 heavy (non-hydrogen) atoms. The minimum Gasteiger partial charge on any atom is -0.382 e. The number of cyclic esters (lactones) is 1. The van der Waals surface area contributed by atoms with Crippen LogP contribution in [0.25, 0.3) is 0 Å². The summed E-state index contributed by atoms with van der Waals surface area (Å²) in [7, 11) is 3.49. The number of ether oxygens (including phenoxy) is 4. The van der Waals surface area contributed by atoms with Gasteiger partial charge in [0.2, 0.25) is 0 Å². The van der Waals surface area contributed by atoms with E-state index in [2.05, 4.69) is 96.3 Å². The van der Waals surface area contributed by atoms with E-state index in [1.165, 1.54) is 15.9 Å². The maximum Gasteiger partial charge on any atom is 0.137 e. The average Bonchev–Trinajstić information content (AvgIpc) is 3.32. The number of alkyl carbamates (subject to hydrolysis) is 1. The zero-order valence-electron chi connectivity index (χ0n) is 44.4. The largest absolute Gasteiger partial charge is 0.382 e. The quantitative estimate of drug-likeness (QED) is 0.0596. The molecule has 0 saturated carbocycles. The van der Waals surface area contributed by atoms with Gasteiger partial charge in [0.25, 0.3) is 0 Å². The third-order valence-electron chi connectivity index (χ3n) is 15.4. The monoisotopic (exact) mass is 992 g/mol. The fourth-order valence-corrected chi connectivity index (χ4v) is 16.6. The molecule has 12 nitrogen and oxygen atoms in total. The molecule has 13 atom stereocenters. The number of amides is 1. The maximum absolute atomic E-state index is 13.9. The Hall–Kier alpha value is -3.45. The Morgan fingerprint density at radius 2 is 1.34 bits per heavy atom. The molecule has 0 unspecified atom stereocenters. The van der Waals surface area contributed by atoms with Crippen molar-refractivity contribution < 1.29 is 43.9 Å². The Morgan fingerprint density at radius 1 is 0.814 bits per heavy atom. The zero-order valence-corrected chi connectivity index (χ0v) is 45.4. The molecular formula is C57H90N3O9P. The van der Waals surface area contributed by atoms with Crippen molar-refractivity contribution in [2.75, 3.05) is 40.4 Å². The Bertz CT molecular complexity index is 1910. The summed E-state index contributed by atoms with van der Waals surface area (Å²) in [6.07, 6.45) is 3.22. The van der Waals surface area contributed by atoms with Crippen LogP contribution in [0.4, 0.5) is 4.79 Å². The first-order valence-corrected chi connectivity index (χ1v) is 28.5. The number of esters is 1. The molecule has 4 N–H and O–H groups in total. The number of benzene rings is 3. The van der Waals surface area contributed by atoms with Crippen molar-refractivity contribution in [2.24, 2.45) is 17.8 Å². The molecule has 1 amide bonds. The van der Waals surface area contributed by atoms with Crippen LogP contribution in [0.5, 0.6) is 0 Å². The number of carbonyl (C=O) groups excluding carboxylic acids is 2. The normalized spacial score (nSPS) is 32.3. The summed E-state index contributed by atoms with van der Waals surface area (Å²) in [5.74, 6) is -1.59. The van der Waals surface area contributed by atoms with Gasteiger partial charge in [-0.1, -0.05) is 27.7 Å². The predicted octanol–water partition coefficient (Wildman–Crippen LogP) is 7.81. The van der Waals surface area contributed by atoms with Crippen LogP contribution >= 0.6 is 7.26 Å². The molecule has 3 aromatic rings. The molecule has 5 rings (SSSR count). The van der Waals surface area contributed by atoms with E-state index in [0.29, 0.717) is 32.4 Å². The van der Waals surface area contributed by atoms with Gasteiger partial charge in [-0.25, -0.2) is 0 Å². The van der Waals surface area contributed by atoms with E-state index in [1.807, 2.05) is 65.6 Å². The van der Waals surface area contributed by atoms with Crippen LogP contribution in [0, 0.1) is 17.8 Å². The van der Waals surface area contributed by atoms with Crippen LogP contribution in [0.2, 0.25) is 0 Å². The zero-order chi connectivity index (χ0) is 51.2. The van der Waals surface area contributed by atoms with Gasteiger partial charge < -0.3 is 34.4 Å². The molecule has 0 aromatic heterocycles. The van der Waals surface area contributed by atoms with Gasteiger partial charge in [0.1, 0.15) is 17.8 Å². The summed E-state index contributed by atoms with van der Waals surface area (Å²) in [6, 6.07) is 32.5. The third kappa shape index (κ3) is 14.8. The number of hydrogen-bond acceptors (Lipinski definition) is 11. The van der Waals surface area contributed by atoms with E-state index in [0.717, 1.165) is 44.7 Å². The number of aliphatic hydroxyl groups excluding tert-OH is 1. The first-order valence-electron chi connectivity index (χ1n) is 26.3. The van der Waals surface area contributed by atoms with Crippen LogP contribution in [-0.4, -0.2) is 138 Å². The van der Waals surface area contributed by atoms with E-state index in [4.69, 9.17) is 18.9 Å². The van der Waals surface area contributed by atoms with Crippen LogP contribution in [-0.2, 0) is 23.7 Å². The number of aliphatic hydroxyl groups is 3. The third-order valence-corrected chi connectivity index (χ3v) is 20.5. The molecule has 0 spiro atoms. The van der Waals surface area contributed by atoms with E-state index in [9.17, 15) is 24.9 Å². The Kier molecular flexibility index (Phi) is 21.7. The minimum atomic E-state index is -2.25. The Balaban J connectivity index is 1.20. The Morgan fingerprint density at radius 3 is 1.87 bits per heavy atom. The molecular weight excluding hydrogens is 902 g/mol. The minimum absolute atomic E-state index is 0.0885. The van der Waals surface area contributed by atoms with Crippen molar-refractivity contribution >= 4 is 35.2 Å². The van der Waals surface area contributed by atoms with E-state index in [-0.39, 0.29) is 30.4 Å². The second kappa shape index (κ2) is 26.5. The molecule has 2 saturated heterocycles. The van der Waals surface area contributed by atoms with Crippen molar-refractivity contribution in [3.05, 3.63) is 91.0 Å². The maximum atomic E-state index is 13.9. The standard InChI is InChI=1S/C57H90N3O9P/c1-12-49-57(8,65)52(44(6)60(11)39-40(2)38-56(7,64)51(41(3)36-42(4)53(62)67-49)68-54-50(61)48(59(9)10)37-43(5)66-54)69-55(63)58-34-26-15-13-14-16-27-35-70(45-28-20-17-21-29-45,46-30-22-18-23-31-46)47-32-24-19-25-33-47/h17-25,28-33,40-44,48-52,54,61,64-65,70H,12-16,26-27,34-39H2,1-11H3,(H,58,63)/t40-,41+,42-,43-,44-,48+,49-,50-,51-,52-,54+,56-,57-/m1/s1. The molecule has 2 aliphatic rings.